The molecule has 0 atom stereocenters. The zero-order chi connectivity index (χ0) is 22.6. The van der Waals surface area contributed by atoms with Crippen LogP contribution in [0.15, 0.2) is 47.4 Å². The summed E-state index contributed by atoms with van der Waals surface area (Å²) in [5.41, 5.74) is 7.12. The maximum absolute atomic E-state index is 12.9. The summed E-state index contributed by atoms with van der Waals surface area (Å²) in [5.74, 6) is -0.785. The largest absolute Gasteiger partial charge is 0.325 e. The van der Waals surface area contributed by atoms with Crippen molar-refractivity contribution in [1.82, 2.24) is 15.2 Å². The van der Waals surface area contributed by atoms with Crippen molar-refractivity contribution in [1.29, 1.82) is 0 Å². The third-order valence-electron chi connectivity index (χ3n) is 5.38. The number of rotatable bonds is 5. The number of hydrogen-bond acceptors (Lipinski definition) is 4. The molecule has 0 unspecified atom stereocenters. The van der Waals surface area contributed by atoms with Crippen molar-refractivity contribution in [3.63, 3.8) is 0 Å². The molecular weight excluding hydrogens is 440 g/mol. The van der Waals surface area contributed by atoms with Crippen LogP contribution in [0, 0.1) is 13.8 Å². The Morgan fingerprint density at radius 1 is 1.00 bits per heavy atom. The highest BCUT2D eigenvalue weighted by Crippen LogP contribution is 2.19. The molecule has 0 spiro atoms. The van der Waals surface area contributed by atoms with E-state index in [0.717, 1.165) is 16.0 Å². The lowest BCUT2D eigenvalue weighted by Gasteiger charge is -2.31. The summed E-state index contributed by atoms with van der Waals surface area (Å²) in [4.78, 5) is 25.4. The fourth-order valence-corrected chi connectivity index (χ4v) is 4.97. The highest BCUT2D eigenvalue weighted by Gasteiger charge is 2.31. The Kier molecular flexibility index (Phi) is 7.32. The number of carbonyl (C=O) groups excluding carboxylic acids is 2. The van der Waals surface area contributed by atoms with Crippen molar-refractivity contribution in [3.05, 3.63) is 64.2 Å². The van der Waals surface area contributed by atoms with Gasteiger partial charge in [-0.3, -0.25) is 20.4 Å². The number of quaternary nitrogens is 1. The van der Waals surface area contributed by atoms with Crippen molar-refractivity contribution < 1.29 is 22.9 Å². The second-order valence-corrected chi connectivity index (χ2v) is 9.96. The number of nitrogens with zero attached hydrogens (tertiary/aromatic N) is 1. The van der Waals surface area contributed by atoms with Gasteiger partial charge in [0.25, 0.3) is 11.8 Å². The van der Waals surface area contributed by atoms with E-state index in [-0.39, 0.29) is 12.5 Å². The van der Waals surface area contributed by atoms with Crippen LogP contribution in [0.1, 0.15) is 21.5 Å². The minimum atomic E-state index is -3.56. The average Bonchev–Trinajstić information content (AvgIpc) is 2.75. The van der Waals surface area contributed by atoms with E-state index >= 15 is 0 Å². The number of sulfonamides is 1. The first kappa shape index (κ1) is 23.2. The first-order valence-corrected chi connectivity index (χ1v) is 11.7. The molecule has 1 fully saturated rings. The summed E-state index contributed by atoms with van der Waals surface area (Å²) in [5, 5.41) is 0.517. The van der Waals surface area contributed by atoms with Crippen molar-refractivity contribution in [2.75, 3.05) is 32.7 Å². The monoisotopic (exact) mass is 465 g/mol. The number of aryl methyl sites for hydroxylation is 2. The zero-order valence-electron chi connectivity index (χ0n) is 17.4. The van der Waals surface area contributed by atoms with Gasteiger partial charge in [-0.15, -0.1) is 0 Å². The van der Waals surface area contributed by atoms with Crippen LogP contribution < -0.4 is 15.8 Å². The molecule has 8 nitrogen and oxygen atoms in total. The summed E-state index contributed by atoms with van der Waals surface area (Å²) in [6.45, 7) is 5.63. The molecular formula is C21H26ClN4O4S+. The molecule has 1 saturated heterocycles. The normalized spacial score (nSPS) is 15.5. The Labute approximate surface area is 187 Å². The Hall–Kier alpha value is -2.46. The molecule has 0 radical (unpaired) electrons. The van der Waals surface area contributed by atoms with Gasteiger partial charge in [-0.2, -0.15) is 4.31 Å². The lowest BCUT2D eigenvalue weighted by atomic mass is 10.1. The van der Waals surface area contributed by atoms with Gasteiger partial charge < -0.3 is 4.90 Å². The molecule has 0 bridgehead atoms. The standard InChI is InChI=1S/C21H25ClN4O4S/c1-15-3-8-19(13-16(15)2)31(29,30)26-11-9-25(10-12-26)14-20(27)23-24-21(28)17-4-6-18(22)7-5-17/h3-8,13H,9-12,14H2,1-2H3,(H,23,27)(H,24,28)/p+1. The maximum Gasteiger partial charge on any atom is 0.293 e. The highest BCUT2D eigenvalue weighted by molar-refractivity contribution is 7.89. The van der Waals surface area contributed by atoms with Crippen molar-refractivity contribution >= 4 is 33.4 Å². The second-order valence-electron chi connectivity index (χ2n) is 7.59. The number of halogens is 1. The van der Waals surface area contributed by atoms with Crippen LogP contribution in [0.5, 0.6) is 0 Å². The van der Waals surface area contributed by atoms with Crippen molar-refractivity contribution in [3.8, 4) is 0 Å². The van der Waals surface area contributed by atoms with E-state index in [1.165, 1.54) is 4.31 Å². The fourth-order valence-electron chi connectivity index (χ4n) is 3.31. The van der Waals surface area contributed by atoms with Gasteiger partial charge in [0.2, 0.25) is 10.0 Å². The Balaban J connectivity index is 1.48. The Bertz CT molecular complexity index is 1070. The maximum atomic E-state index is 12.9. The summed E-state index contributed by atoms with van der Waals surface area (Å²) in [6.07, 6.45) is 0. The molecule has 31 heavy (non-hydrogen) atoms. The van der Waals surface area contributed by atoms with E-state index in [1.54, 1.807) is 36.4 Å². The predicted octanol–water partition coefficient (Wildman–Crippen LogP) is 0.307. The first-order chi connectivity index (χ1) is 14.7. The SMILES string of the molecule is Cc1ccc(S(=O)(=O)N2CC[NH+](CC(=O)NNC(=O)c3ccc(Cl)cc3)CC2)cc1C. The number of amides is 2. The third-order valence-corrected chi connectivity index (χ3v) is 7.52. The fraction of sp³-hybridized carbons (Fsp3) is 0.333. The number of hydrazine groups is 1. The molecule has 3 rings (SSSR count). The smallest absolute Gasteiger partial charge is 0.293 e. The van der Waals surface area contributed by atoms with Crippen LogP contribution >= 0.6 is 11.6 Å². The molecule has 1 aliphatic rings. The zero-order valence-corrected chi connectivity index (χ0v) is 19.0. The summed E-state index contributed by atoms with van der Waals surface area (Å²) in [7, 11) is -3.56. The lowest BCUT2D eigenvalue weighted by molar-refractivity contribution is -0.895. The van der Waals surface area contributed by atoms with Crippen LogP contribution in [-0.2, 0) is 14.8 Å². The van der Waals surface area contributed by atoms with Crippen LogP contribution in [0.4, 0.5) is 0 Å². The van der Waals surface area contributed by atoms with E-state index < -0.39 is 15.9 Å². The van der Waals surface area contributed by atoms with E-state index in [1.807, 2.05) is 19.9 Å². The van der Waals surface area contributed by atoms with E-state index in [4.69, 9.17) is 11.6 Å². The van der Waals surface area contributed by atoms with E-state index in [2.05, 4.69) is 10.9 Å². The molecule has 2 aromatic rings. The Morgan fingerprint density at radius 3 is 2.26 bits per heavy atom. The van der Waals surface area contributed by atoms with Crippen molar-refractivity contribution in [2.45, 2.75) is 18.7 Å². The minimum absolute atomic E-state index is 0.137. The quantitative estimate of drug-likeness (QED) is 0.553. The van der Waals surface area contributed by atoms with Gasteiger partial charge in [0.15, 0.2) is 6.54 Å². The van der Waals surface area contributed by atoms with E-state index in [9.17, 15) is 18.0 Å². The summed E-state index contributed by atoms with van der Waals surface area (Å²) < 4.78 is 27.2. The molecule has 3 N–H and O–H groups in total. The van der Waals surface area contributed by atoms with Crippen molar-refractivity contribution in [2.24, 2.45) is 0 Å². The molecule has 166 valence electrons. The molecule has 0 aliphatic carbocycles. The Morgan fingerprint density at radius 2 is 1.65 bits per heavy atom. The number of piperazine rings is 1. The van der Waals surface area contributed by atoms with E-state index in [0.29, 0.717) is 41.7 Å². The van der Waals surface area contributed by atoms with Gasteiger partial charge in [0, 0.05) is 10.6 Å². The molecule has 1 heterocycles. The predicted molar refractivity (Wildman–Crippen MR) is 117 cm³/mol. The topological polar surface area (TPSA) is 100 Å². The number of hydrogen-bond donors (Lipinski definition) is 3. The van der Waals surface area contributed by atoms with Gasteiger partial charge in [0.1, 0.15) is 0 Å². The minimum Gasteiger partial charge on any atom is -0.325 e. The number of carbonyl (C=O) groups is 2. The summed E-state index contributed by atoms with van der Waals surface area (Å²) in [6, 6.07) is 11.4. The summed E-state index contributed by atoms with van der Waals surface area (Å²) >= 11 is 5.79. The van der Waals surface area contributed by atoms with Crippen LogP contribution in [0.2, 0.25) is 5.02 Å². The average molecular weight is 466 g/mol. The number of benzene rings is 2. The molecule has 0 saturated carbocycles. The molecule has 2 aromatic carbocycles. The highest BCUT2D eigenvalue weighted by atomic mass is 35.5. The lowest BCUT2D eigenvalue weighted by Crippen LogP contribution is -3.16. The first-order valence-electron chi connectivity index (χ1n) is 9.92. The third kappa shape index (κ3) is 5.82. The van der Waals surface area contributed by atoms with Gasteiger partial charge >= 0.3 is 0 Å². The molecule has 1 aliphatic heterocycles. The van der Waals surface area contributed by atoms with Gasteiger partial charge in [-0.25, -0.2) is 8.42 Å². The van der Waals surface area contributed by atoms with Crippen LogP contribution in [0.25, 0.3) is 0 Å². The molecule has 2 amide bonds. The van der Waals surface area contributed by atoms with Crippen LogP contribution in [-0.4, -0.2) is 57.3 Å². The molecule has 0 aromatic heterocycles. The van der Waals surface area contributed by atoms with Gasteiger partial charge in [-0.1, -0.05) is 17.7 Å². The second kappa shape index (κ2) is 9.78. The van der Waals surface area contributed by atoms with Gasteiger partial charge in [-0.05, 0) is 61.4 Å². The number of nitrogens with one attached hydrogen (secondary N) is 3. The van der Waals surface area contributed by atoms with Crippen LogP contribution in [0.3, 0.4) is 0 Å². The molecule has 10 heteroatoms. The van der Waals surface area contributed by atoms with Gasteiger partial charge in [0.05, 0.1) is 31.1 Å².